The highest BCUT2D eigenvalue weighted by molar-refractivity contribution is 7.15. The van der Waals surface area contributed by atoms with E-state index in [1.165, 1.54) is 18.4 Å². The minimum absolute atomic E-state index is 0.0832. The van der Waals surface area contributed by atoms with Crippen molar-refractivity contribution in [2.24, 2.45) is 0 Å². The lowest BCUT2D eigenvalue weighted by atomic mass is 10.1. The highest BCUT2D eigenvalue weighted by atomic mass is 32.1. The molecule has 0 aliphatic carbocycles. The van der Waals surface area contributed by atoms with Crippen LogP contribution in [0.15, 0.2) is 46.4 Å². The second kappa shape index (κ2) is 8.92. The van der Waals surface area contributed by atoms with Gasteiger partial charge in [-0.15, -0.1) is 11.3 Å². The molecule has 0 bridgehead atoms. The van der Waals surface area contributed by atoms with E-state index in [-0.39, 0.29) is 29.5 Å². The molecule has 2 aromatic heterocycles. The highest BCUT2D eigenvalue weighted by Gasteiger charge is 2.24. The van der Waals surface area contributed by atoms with Crippen molar-refractivity contribution in [3.63, 3.8) is 0 Å². The molecule has 1 N–H and O–H groups in total. The number of carbonyl (C=O) groups excluding carboxylic acids is 3. The van der Waals surface area contributed by atoms with Crippen LogP contribution in [0.25, 0.3) is 11.3 Å². The van der Waals surface area contributed by atoms with Crippen LogP contribution in [0.5, 0.6) is 11.5 Å². The predicted octanol–water partition coefficient (Wildman–Crippen LogP) is 3.71. The number of benzene rings is 1. The first-order chi connectivity index (χ1) is 15.1. The Hall–Kier alpha value is -3.79. The van der Waals surface area contributed by atoms with Gasteiger partial charge in [-0.25, -0.2) is 9.59 Å². The van der Waals surface area contributed by atoms with E-state index in [0.29, 0.717) is 22.8 Å². The maximum Gasteiger partial charge on any atom is 0.341 e. The number of thiophene rings is 1. The van der Waals surface area contributed by atoms with Crippen LogP contribution in [0.4, 0.5) is 5.00 Å². The Morgan fingerprint density at radius 3 is 2.71 bits per heavy atom. The number of ether oxygens (including phenoxy) is 4. The summed E-state index contributed by atoms with van der Waals surface area (Å²) in [6.45, 7) is 1.40. The second-order valence-electron chi connectivity index (χ2n) is 6.24. The number of amides is 1. The first kappa shape index (κ1) is 20.5. The van der Waals surface area contributed by atoms with Crippen molar-refractivity contribution in [3.05, 3.63) is 53.1 Å². The fourth-order valence-corrected chi connectivity index (χ4v) is 3.82. The van der Waals surface area contributed by atoms with E-state index in [1.54, 1.807) is 30.5 Å². The van der Waals surface area contributed by atoms with E-state index in [4.69, 9.17) is 23.4 Å². The number of rotatable bonds is 7. The molecular formula is C21H17NO8S. The van der Waals surface area contributed by atoms with E-state index < -0.39 is 24.5 Å². The van der Waals surface area contributed by atoms with Crippen molar-refractivity contribution in [3.8, 4) is 22.8 Å². The Labute approximate surface area is 180 Å². The van der Waals surface area contributed by atoms with Gasteiger partial charge in [0.1, 0.15) is 16.3 Å². The van der Waals surface area contributed by atoms with Gasteiger partial charge >= 0.3 is 11.9 Å². The zero-order valence-corrected chi connectivity index (χ0v) is 17.2. The Morgan fingerprint density at radius 1 is 1.10 bits per heavy atom. The van der Waals surface area contributed by atoms with Gasteiger partial charge in [0.05, 0.1) is 18.4 Å². The van der Waals surface area contributed by atoms with Gasteiger partial charge in [0.15, 0.2) is 18.1 Å². The third-order valence-electron chi connectivity index (χ3n) is 4.25. The summed E-state index contributed by atoms with van der Waals surface area (Å²) in [5, 5.41) is 4.55. The van der Waals surface area contributed by atoms with Gasteiger partial charge in [0.25, 0.3) is 5.91 Å². The number of esters is 2. The topological polar surface area (TPSA) is 113 Å². The van der Waals surface area contributed by atoms with Crippen LogP contribution in [0.3, 0.4) is 0 Å². The monoisotopic (exact) mass is 443 g/mol. The molecule has 0 fully saturated rings. The average molecular weight is 443 g/mol. The lowest BCUT2D eigenvalue weighted by molar-refractivity contribution is -0.119. The summed E-state index contributed by atoms with van der Waals surface area (Å²) in [5.41, 5.74) is 0.902. The minimum Gasteiger partial charge on any atom is -0.464 e. The summed E-state index contributed by atoms with van der Waals surface area (Å²) in [6.07, 6.45) is 1.48. The number of fused-ring (bicyclic) bond motifs is 1. The molecule has 0 spiro atoms. The summed E-state index contributed by atoms with van der Waals surface area (Å²) in [7, 11) is 0. The minimum atomic E-state index is -0.693. The fourth-order valence-electron chi connectivity index (χ4n) is 2.87. The molecule has 0 saturated heterocycles. The van der Waals surface area contributed by atoms with Crippen molar-refractivity contribution in [1.29, 1.82) is 0 Å². The fraction of sp³-hybridized carbons (Fsp3) is 0.190. The average Bonchev–Trinajstić information content (AvgIpc) is 3.51. The van der Waals surface area contributed by atoms with Crippen LogP contribution in [0, 0.1) is 0 Å². The molecule has 0 radical (unpaired) electrons. The number of furan rings is 1. The summed E-state index contributed by atoms with van der Waals surface area (Å²) < 4.78 is 26.0. The third-order valence-corrected chi connectivity index (χ3v) is 5.15. The lowest BCUT2D eigenvalue weighted by Gasteiger charge is -2.08. The first-order valence-electron chi connectivity index (χ1n) is 9.26. The molecule has 4 rings (SSSR count). The molecule has 9 nitrogen and oxygen atoms in total. The van der Waals surface area contributed by atoms with Crippen LogP contribution >= 0.6 is 11.3 Å². The molecular weight excluding hydrogens is 426 g/mol. The van der Waals surface area contributed by atoms with E-state index in [1.807, 2.05) is 0 Å². The number of nitrogens with one attached hydrogen (secondary N) is 1. The number of anilines is 1. The zero-order valence-electron chi connectivity index (χ0n) is 16.3. The zero-order chi connectivity index (χ0) is 21.8. The molecule has 160 valence electrons. The van der Waals surface area contributed by atoms with Gasteiger partial charge in [-0.05, 0) is 37.3 Å². The molecule has 3 heterocycles. The van der Waals surface area contributed by atoms with Crippen LogP contribution in [0.1, 0.15) is 27.6 Å². The SMILES string of the molecule is CCOC(=O)c1c(-c2ccco2)csc1NC(=O)COC(=O)c1ccc2c(c1)OCO2. The molecule has 0 unspecified atom stereocenters. The van der Waals surface area contributed by atoms with E-state index in [0.717, 1.165) is 11.3 Å². The standard InChI is InChI=1S/C21H17NO8S/c1-2-26-21(25)18-13(14-4-3-7-27-14)10-31-19(18)22-17(23)9-28-20(24)12-5-6-15-16(8-12)30-11-29-15/h3-8,10H,2,9,11H2,1H3,(H,22,23). The molecule has 0 atom stereocenters. The van der Waals surface area contributed by atoms with Gasteiger partial charge in [-0.2, -0.15) is 0 Å². The first-order valence-corrected chi connectivity index (χ1v) is 10.1. The van der Waals surface area contributed by atoms with Gasteiger partial charge < -0.3 is 28.7 Å². The number of hydrogen-bond acceptors (Lipinski definition) is 9. The Morgan fingerprint density at radius 2 is 1.94 bits per heavy atom. The van der Waals surface area contributed by atoms with Crippen LogP contribution in [0.2, 0.25) is 0 Å². The summed E-state index contributed by atoms with van der Waals surface area (Å²) in [5.74, 6) is -0.460. The van der Waals surface area contributed by atoms with Crippen LogP contribution in [-0.4, -0.2) is 37.9 Å². The molecule has 0 saturated carbocycles. The van der Waals surface area contributed by atoms with Crippen molar-refractivity contribution < 1.29 is 37.7 Å². The quantitative estimate of drug-likeness (QED) is 0.550. The van der Waals surface area contributed by atoms with Gasteiger partial charge in [-0.3, -0.25) is 4.79 Å². The Kier molecular flexibility index (Phi) is 5.89. The highest BCUT2D eigenvalue weighted by Crippen LogP contribution is 2.36. The summed E-state index contributed by atoms with van der Waals surface area (Å²) in [4.78, 5) is 37.1. The molecule has 31 heavy (non-hydrogen) atoms. The molecule has 3 aromatic rings. The largest absolute Gasteiger partial charge is 0.464 e. The van der Waals surface area contributed by atoms with E-state index in [9.17, 15) is 14.4 Å². The van der Waals surface area contributed by atoms with Crippen molar-refractivity contribution in [1.82, 2.24) is 0 Å². The molecule has 1 aliphatic rings. The Bertz CT molecular complexity index is 1120. The van der Waals surface area contributed by atoms with Gasteiger partial charge in [0.2, 0.25) is 6.79 Å². The smallest absolute Gasteiger partial charge is 0.341 e. The van der Waals surface area contributed by atoms with Crippen LogP contribution in [-0.2, 0) is 14.3 Å². The second-order valence-corrected chi connectivity index (χ2v) is 7.12. The van der Waals surface area contributed by atoms with E-state index >= 15 is 0 Å². The molecule has 10 heteroatoms. The summed E-state index contributed by atoms with van der Waals surface area (Å²) in [6, 6.07) is 7.98. The van der Waals surface area contributed by atoms with Crippen LogP contribution < -0.4 is 14.8 Å². The Balaban J connectivity index is 1.43. The lowest BCUT2D eigenvalue weighted by Crippen LogP contribution is -2.21. The maximum atomic E-state index is 12.5. The molecule has 1 aromatic carbocycles. The molecule has 1 amide bonds. The maximum absolute atomic E-state index is 12.5. The van der Waals surface area contributed by atoms with Gasteiger partial charge in [-0.1, -0.05) is 0 Å². The number of hydrogen-bond donors (Lipinski definition) is 1. The predicted molar refractivity (Wildman–Crippen MR) is 109 cm³/mol. The van der Waals surface area contributed by atoms with Crippen molar-refractivity contribution in [2.75, 3.05) is 25.3 Å². The normalized spacial score (nSPS) is 11.8. The van der Waals surface area contributed by atoms with Gasteiger partial charge in [0, 0.05) is 10.9 Å². The molecule has 1 aliphatic heterocycles. The van der Waals surface area contributed by atoms with E-state index in [2.05, 4.69) is 5.32 Å². The number of carbonyl (C=O) groups is 3. The third kappa shape index (κ3) is 4.38. The van der Waals surface area contributed by atoms with Crippen molar-refractivity contribution in [2.45, 2.75) is 6.92 Å². The van der Waals surface area contributed by atoms with Crippen molar-refractivity contribution >= 4 is 34.2 Å². The summed E-state index contributed by atoms with van der Waals surface area (Å²) >= 11 is 1.14.